The molecule has 3 aromatic rings. The maximum Gasteiger partial charge on any atom is 0.121 e. The molecule has 0 amide bonds. The van der Waals surface area contributed by atoms with Crippen LogP contribution in [0.1, 0.15) is 36.4 Å². The van der Waals surface area contributed by atoms with Gasteiger partial charge in [-0.1, -0.05) is 19.1 Å². The molecule has 0 radical (unpaired) electrons. The number of fused-ring (bicyclic) bond motifs is 1. The molecular weight excluding hydrogens is 262 g/mol. The largest absolute Gasteiger partial charge is 0.382 e. The molecule has 0 fully saturated rings. The van der Waals surface area contributed by atoms with Gasteiger partial charge in [0.15, 0.2) is 0 Å². The topological polar surface area (TPSA) is 50.9 Å². The number of aliphatic hydroxyl groups excluding tert-OH is 1. The van der Waals surface area contributed by atoms with E-state index in [4.69, 9.17) is 0 Å². The summed E-state index contributed by atoms with van der Waals surface area (Å²) >= 11 is 0. The molecule has 0 bridgehead atoms. The van der Waals surface area contributed by atoms with Crippen molar-refractivity contribution in [2.24, 2.45) is 0 Å². The highest BCUT2D eigenvalue weighted by molar-refractivity contribution is 5.79. The van der Waals surface area contributed by atoms with E-state index in [0.717, 1.165) is 40.8 Å². The molecule has 1 aromatic carbocycles. The van der Waals surface area contributed by atoms with E-state index in [1.807, 2.05) is 48.0 Å². The summed E-state index contributed by atoms with van der Waals surface area (Å²) in [7, 11) is 0. The van der Waals surface area contributed by atoms with Crippen molar-refractivity contribution in [3.05, 3.63) is 59.5 Å². The van der Waals surface area contributed by atoms with Gasteiger partial charge in [0.2, 0.25) is 0 Å². The average molecular weight is 281 g/mol. The summed E-state index contributed by atoms with van der Waals surface area (Å²) < 4.78 is 1.86. The fourth-order valence-corrected chi connectivity index (χ4v) is 2.56. The van der Waals surface area contributed by atoms with Crippen LogP contribution in [0.5, 0.6) is 0 Å². The van der Waals surface area contributed by atoms with Crippen molar-refractivity contribution >= 4 is 10.9 Å². The molecule has 1 N–H and O–H groups in total. The van der Waals surface area contributed by atoms with Crippen LogP contribution in [0.3, 0.4) is 0 Å². The predicted molar refractivity (Wildman–Crippen MR) is 83.1 cm³/mol. The summed E-state index contributed by atoms with van der Waals surface area (Å²) in [5, 5.41) is 15.9. The monoisotopic (exact) mass is 281 g/mol. The number of aromatic nitrogens is 3. The van der Waals surface area contributed by atoms with Gasteiger partial charge in [-0.05, 0) is 43.2 Å². The Kier molecular flexibility index (Phi) is 3.71. The number of pyridine rings is 1. The van der Waals surface area contributed by atoms with E-state index in [9.17, 15) is 5.11 Å². The van der Waals surface area contributed by atoms with Gasteiger partial charge in [0.25, 0.3) is 0 Å². The third-order valence-electron chi connectivity index (χ3n) is 3.63. The Balaban J connectivity index is 1.99. The summed E-state index contributed by atoms with van der Waals surface area (Å²) in [6.45, 7) is 4.89. The Morgan fingerprint density at radius 3 is 2.86 bits per heavy atom. The van der Waals surface area contributed by atoms with Gasteiger partial charge in [-0.3, -0.25) is 9.67 Å². The van der Waals surface area contributed by atoms with Crippen LogP contribution in [0.4, 0.5) is 0 Å². The molecule has 0 aliphatic heterocycles. The molecule has 108 valence electrons. The van der Waals surface area contributed by atoms with Gasteiger partial charge in [-0.2, -0.15) is 5.10 Å². The molecular formula is C17H19N3O. The summed E-state index contributed by atoms with van der Waals surface area (Å²) in [6, 6.07) is 11.8. The van der Waals surface area contributed by atoms with Crippen molar-refractivity contribution in [1.82, 2.24) is 14.8 Å². The summed E-state index contributed by atoms with van der Waals surface area (Å²) in [6.07, 6.45) is 2.06. The Hall–Kier alpha value is -2.20. The van der Waals surface area contributed by atoms with E-state index in [1.165, 1.54) is 0 Å². The number of hydrogen-bond donors (Lipinski definition) is 1. The van der Waals surface area contributed by atoms with Gasteiger partial charge >= 0.3 is 0 Å². The Bertz CT molecular complexity index is 764. The third kappa shape index (κ3) is 2.67. The second-order valence-electron chi connectivity index (χ2n) is 5.29. The summed E-state index contributed by atoms with van der Waals surface area (Å²) in [5.74, 6) is 0. The van der Waals surface area contributed by atoms with E-state index in [0.29, 0.717) is 0 Å². The molecule has 0 saturated heterocycles. The predicted octanol–water partition coefficient (Wildman–Crippen LogP) is 3.23. The zero-order valence-electron chi connectivity index (χ0n) is 12.3. The molecule has 0 aliphatic carbocycles. The van der Waals surface area contributed by atoms with Crippen molar-refractivity contribution in [3.8, 4) is 0 Å². The van der Waals surface area contributed by atoms with Crippen LogP contribution in [0.25, 0.3) is 10.9 Å². The highest BCUT2D eigenvalue weighted by Gasteiger charge is 2.15. The minimum absolute atomic E-state index is 0.662. The smallest absolute Gasteiger partial charge is 0.121 e. The minimum atomic E-state index is -0.662. The average Bonchev–Trinajstić information content (AvgIpc) is 2.94. The molecule has 2 aromatic heterocycles. The van der Waals surface area contributed by atoms with Crippen molar-refractivity contribution in [1.29, 1.82) is 0 Å². The first-order valence-electron chi connectivity index (χ1n) is 7.26. The number of nitrogens with zero attached hydrogens (tertiary/aromatic N) is 3. The number of benzene rings is 1. The van der Waals surface area contributed by atoms with E-state index < -0.39 is 6.10 Å². The Labute approximate surface area is 124 Å². The fraction of sp³-hybridized carbons (Fsp3) is 0.294. The van der Waals surface area contributed by atoms with E-state index in [2.05, 4.69) is 17.0 Å². The van der Waals surface area contributed by atoms with Crippen LogP contribution in [-0.4, -0.2) is 19.9 Å². The molecule has 0 saturated carbocycles. The maximum absolute atomic E-state index is 10.6. The SMILES string of the molecule is CCCn1nccc1C(O)c1ccc2nc(C)ccc2c1. The lowest BCUT2D eigenvalue weighted by atomic mass is 10.0. The van der Waals surface area contributed by atoms with Crippen LogP contribution in [0.15, 0.2) is 42.6 Å². The molecule has 0 spiro atoms. The zero-order valence-corrected chi connectivity index (χ0v) is 12.3. The molecule has 2 heterocycles. The summed E-state index contributed by atoms with van der Waals surface area (Å²) in [4.78, 5) is 4.49. The van der Waals surface area contributed by atoms with Gasteiger partial charge in [-0.25, -0.2) is 0 Å². The van der Waals surface area contributed by atoms with E-state index >= 15 is 0 Å². The first-order chi connectivity index (χ1) is 10.2. The third-order valence-corrected chi connectivity index (χ3v) is 3.63. The van der Waals surface area contributed by atoms with E-state index in [1.54, 1.807) is 6.20 Å². The quantitative estimate of drug-likeness (QED) is 0.798. The Morgan fingerprint density at radius 1 is 1.19 bits per heavy atom. The highest BCUT2D eigenvalue weighted by Crippen LogP contribution is 2.25. The van der Waals surface area contributed by atoms with Crippen molar-refractivity contribution < 1.29 is 5.11 Å². The molecule has 21 heavy (non-hydrogen) atoms. The normalized spacial score (nSPS) is 12.7. The van der Waals surface area contributed by atoms with Gasteiger partial charge in [-0.15, -0.1) is 0 Å². The lowest BCUT2D eigenvalue weighted by Gasteiger charge is -2.14. The molecule has 1 atom stereocenters. The van der Waals surface area contributed by atoms with Crippen LogP contribution >= 0.6 is 0 Å². The van der Waals surface area contributed by atoms with Crippen molar-refractivity contribution in [2.45, 2.75) is 32.9 Å². The first-order valence-corrected chi connectivity index (χ1v) is 7.26. The number of aliphatic hydroxyl groups is 1. The molecule has 1 unspecified atom stereocenters. The van der Waals surface area contributed by atoms with Gasteiger partial charge in [0.1, 0.15) is 6.10 Å². The molecule has 4 nitrogen and oxygen atoms in total. The van der Waals surface area contributed by atoms with Crippen molar-refractivity contribution in [2.75, 3.05) is 0 Å². The lowest BCUT2D eigenvalue weighted by molar-refractivity contribution is 0.207. The van der Waals surface area contributed by atoms with Gasteiger partial charge in [0.05, 0.1) is 11.2 Å². The van der Waals surface area contributed by atoms with Gasteiger partial charge in [0, 0.05) is 23.8 Å². The fourth-order valence-electron chi connectivity index (χ4n) is 2.56. The van der Waals surface area contributed by atoms with Crippen LogP contribution in [0.2, 0.25) is 0 Å². The number of hydrogen-bond acceptors (Lipinski definition) is 3. The minimum Gasteiger partial charge on any atom is -0.382 e. The molecule has 0 aliphatic rings. The second kappa shape index (κ2) is 5.66. The molecule has 3 rings (SSSR count). The maximum atomic E-state index is 10.6. The van der Waals surface area contributed by atoms with Crippen molar-refractivity contribution in [3.63, 3.8) is 0 Å². The van der Waals surface area contributed by atoms with Crippen LogP contribution in [0, 0.1) is 6.92 Å². The number of aryl methyl sites for hydroxylation is 2. The van der Waals surface area contributed by atoms with Crippen LogP contribution < -0.4 is 0 Å². The standard InChI is InChI=1S/C17H19N3O/c1-3-10-20-16(8-9-18-20)17(21)14-6-7-15-13(11-14)5-4-12(2)19-15/h4-9,11,17,21H,3,10H2,1-2H3. The Morgan fingerprint density at radius 2 is 2.05 bits per heavy atom. The summed E-state index contributed by atoms with van der Waals surface area (Å²) in [5.41, 5.74) is 3.65. The van der Waals surface area contributed by atoms with Gasteiger partial charge < -0.3 is 5.11 Å². The second-order valence-corrected chi connectivity index (χ2v) is 5.29. The van der Waals surface area contributed by atoms with Crippen LogP contribution in [-0.2, 0) is 6.54 Å². The lowest BCUT2D eigenvalue weighted by Crippen LogP contribution is -2.10. The van der Waals surface area contributed by atoms with E-state index in [-0.39, 0.29) is 0 Å². The number of rotatable bonds is 4. The highest BCUT2D eigenvalue weighted by atomic mass is 16.3. The first kappa shape index (κ1) is 13.8. The zero-order chi connectivity index (χ0) is 14.8. The molecule has 4 heteroatoms.